The van der Waals surface area contributed by atoms with Gasteiger partial charge in [-0.15, -0.1) is 0 Å². The molecule has 8 heteroatoms. The van der Waals surface area contributed by atoms with Crippen molar-refractivity contribution in [2.75, 3.05) is 0 Å². The first-order valence-electron chi connectivity index (χ1n) is 9.18. The Hall–Kier alpha value is -2.93. The smallest absolute Gasteiger partial charge is 0.329 e. The van der Waals surface area contributed by atoms with Crippen molar-refractivity contribution in [3.05, 3.63) is 73.0 Å². The van der Waals surface area contributed by atoms with E-state index in [0.717, 1.165) is 24.1 Å². The Morgan fingerprint density at radius 2 is 2.11 bits per heavy atom. The summed E-state index contributed by atoms with van der Waals surface area (Å²) < 4.78 is 1.39. The van der Waals surface area contributed by atoms with Gasteiger partial charge in [0, 0.05) is 29.7 Å². The minimum absolute atomic E-state index is 0.134. The van der Waals surface area contributed by atoms with Crippen molar-refractivity contribution >= 4 is 28.5 Å². The number of aromatic nitrogens is 3. The fraction of sp³-hybridized carbons (Fsp3) is 0.300. The lowest BCUT2D eigenvalue weighted by atomic mass is 10.1. The van der Waals surface area contributed by atoms with Gasteiger partial charge in [-0.05, 0) is 43.5 Å². The highest BCUT2D eigenvalue weighted by Gasteiger charge is 2.28. The number of nitrogens with one attached hydrogen (secondary N) is 2. The molecule has 1 aliphatic carbocycles. The molecule has 1 aliphatic rings. The number of pyridine rings is 1. The lowest BCUT2D eigenvalue weighted by Gasteiger charge is -2.12. The summed E-state index contributed by atoms with van der Waals surface area (Å²) in [4.78, 5) is 44.4. The van der Waals surface area contributed by atoms with Crippen LogP contribution in [-0.2, 0) is 13.1 Å². The second-order valence-electron chi connectivity index (χ2n) is 6.88. The Morgan fingerprint density at radius 3 is 2.79 bits per heavy atom. The molecule has 1 aromatic carbocycles. The average molecular weight is 399 g/mol. The molecular formula is C20H19ClN4O3. The van der Waals surface area contributed by atoms with Gasteiger partial charge in [-0.25, -0.2) is 9.78 Å². The molecule has 1 fully saturated rings. The number of aromatic amines is 1. The maximum Gasteiger partial charge on any atom is 0.329 e. The highest BCUT2D eigenvalue weighted by Crippen LogP contribution is 2.39. The zero-order valence-corrected chi connectivity index (χ0v) is 16.0. The van der Waals surface area contributed by atoms with Crippen LogP contribution in [0.5, 0.6) is 0 Å². The van der Waals surface area contributed by atoms with Crippen LogP contribution >= 0.6 is 11.6 Å². The monoisotopic (exact) mass is 398 g/mol. The second-order valence-corrected chi connectivity index (χ2v) is 7.32. The lowest BCUT2D eigenvalue weighted by molar-refractivity contribution is 0.0952. The molecular weight excluding hydrogens is 380 g/mol. The van der Waals surface area contributed by atoms with Gasteiger partial charge in [0.15, 0.2) is 5.65 Å². The van der Waals surface area contributed by atoms with Gasteiger partial charge in [0.1, 0.15) is 0 Å². The van der Waals surface area contributed by atoms with E-state index in [2.05, 4.69) is 15.3 Å². The van der Waals surface area contributed by atoms with Crippen LogP contribution in [0.15, 0.2) is 39.9 Å². The van der Waals surface area contributed by atoms with Gasteiger partial charge in [0.2, 0.25) is 0 Å². The Kier molecular flexibility index (Phi) is 4.77. The molecule has 0 spiro atoms. The number of carbonyl (C=O) groups excluding carboxylic acids is 1. The van der Waals surface area contributed by atoms with Gasteiger partial charge in [-0.3, -0.25) is 19.1 Å². The molecule has 0 aliphatic heterocycles. The first-order chi connectivity index (χ1) is 13.5. The third kappa shape index (κ3) is 3.45. The van der Waals surface area contributed by atoms with Crippen LogP contribution in [0.4, 0.5) is 0 Å². The number of fused-ring (bicyclic) bond motifs is 1. The number of rotatable bonds is 5. The fourth-order valence-corrected chi connectivity index (χ4v) is 3.49. The summed E-state index contributed by atoms with van der Waals surface area (Å²) in [7, 11) is 0. The first kappa shape index (κ1) is 18.4. The summed E-state index contributed by atoms with van der Waals surface area (Å²) in [6.45, 7) is 2.41. The third-order valence-corrected chi connectivity index (χ3v) is 5.10. The van der Waals surface area contributed by atoms with E-state index in [9.17, 15) is 14.4 Å². The Morgan fingerprint density at radius 1 is 1.32 bits per heavy atom. The maximum absolute atomic E-state index is 12.9. The second kappa shape index (κ2) is 7.24. The summed E-state index contributed by atoms with van der Waals surface area (Å²) in [5, 5.41) is 3.55. The predicted molar refractivity (Wildman–Crippen MR) is 107 cm³/mol. The molecule has 0 radical (unpaired) electrons. The van der Waals surface area contributed by atoms with Crippen LogP contribution in [0.2, 0.25) is 5.02 Å². The molecule has 28 heavy (non-hydrogen) atoms. The predicted octanol–water partition coefficient (Wildman–Crippen LogP) is 2.57. The number of hydrogen-bond donors (Lipinski definition) is 2. The molecule has 1 amide bonds. The number of carbonyl (C=O) groups is 1. The van der Waals surface area contributed by atoms with Crippen molar-refractivity contribution in [2.45, 2.75) is 38.8 Å². The molecule has 144 valence electrons. The molecule has 2 aromatic heterocycles. The quantitative estimate of drug-likeness (QED) is 0.690. The number of halogens is 1. The minimum atomic E-state index is -0.604. The van der Waals surface area contributed by atoms with Crippen LogP contribution in [0.25, 0.3) is 11.0 Å². The SMILES string of the molecule is CCn1c(=O)[nH]c(=O)c2c(C(=O)NCc3cccc(Cl)c3)cc(C3CC3)nc21. The number of benzene rings is 1. The highest BCUT2D eigenvalue weighted by atomic mass is 35.5. The van der Waals surface area contributed by atoms with E-state index in [0.29, 0.717) is 11.6 Å². The summed E-state index contributed by atoms with van der Waals surface area (Å²) in [5.41, 5.74) is 0.956. The summed E-state index contributed by atoms with van der Waals surface area (Å²) in [6.07, 6.45) is 1.98. The molecule has 0 saturated heterocycles. The Bertz CT molecular complexity index is 1190. The minimum Gasteiger partial charge on any atom is -0.348 e. The van der Waals surface area contributed by atoms with Crippen molar-refractivity contribution in [3.8, 4) is 0 Å². The van der Waals surface area contributed by atoms with Crippen molar-refractivity contribution in [1.82, 2.24) is 19.9 Å². The summed E-state index contributed by atoms with van der Waals surface area (Å²) in [6, 6.07) is 8.86. The number of hydrogen-bond acceptors (Lipinski definition) is 4. The van der Waals surface area contributed by atoms with Crippen molar-refractivity contribution in [2.24, 2.45) is 0 Å². The lowest BCUT2D eigenvalue weighted by Crippen LogP contribution is -2.33. The molecule has 0 bridgehead atoms. The van der Waals surface area contributed by atoms with E-state index in [1.54, 1.807) is 25.1 Å². The molecule has 4 rings (SSSR count). The van der Waals surface area contributed by atoms with Crippen LogP contribution in [0.3, 0.4) is 0 Å². The van der Waals surface area contributed by atoms with E-state index in [1.165, 1.54) is 4.57 Å². The number of amides is 1. The van der Waals surface area contributed by atoms with Crippen LogP contribution in [0, 0.1) is 0 Å². The van der Waals surface area contributed by atoms with E-state index >= 15 is 0 Å². The topological polar surface area (TPSA) is 96.9 Å². The molecule has 3 aromatic rings. The molecule has 2 heterocycles. The summed E-state index contributed by atoms with van der Waals surface area (Å²) >= 11 is 5.99. The van der Waals surface area contributed by atoms with E-state index < -0.39 is 11.2 Å². The zero-order valence-electron chi connectivity index (χ0n) is 15.3. The third-order valence-electron chi connectivity index (χ3n) is 4.87. The molecule has 1 saturated carbocycles. The average Bonchev–Trinajstić information content (AvgIpc) is 3.51. The largest absolute Gasteiger partial charge is 0.348 e. The van der Waals surface area contributed by atoms with Crippen LogP contribution in [-0.4, -0.2) is 20.4 Å². The molecule has 7 nitrogen and oxygen atoms in total. The normalized spacial score (nSPS) is 13.6. The van der Waals surface area contributed by atoms with Crippen molar-refractivity contribution in [3.63, 3.8) is 0 Å². The van der Waals surface area contributed by atoms with Gasteiger partial charge >= 0.3 is 5.69 Å². The fourth-order valence-electron chi connectivity index (χ4n) is 3.28. The number of H-pyrrole nitrogens is 1. The van der Waals surface area contributed by atoms with Gasteiger partial charge in [-0.2, -0.15) is 0 Å². The van der Waals surface area contributed by atoms with Gasteiger partial charge in [0.25, 0.3) is 11.5 Å². The van der Waals surface area contributed by atoms with Crippen LogP contribution < -0.4 is 16.6 Å². The number of nitrogens with zero attached hydrogens (tertiary/aromatic N) is 2. The van der Waals surface area contributed by atoms with Gasteiger partial charge in [0.05, 0.1) is 10.9 Å². The van der Waals surface area contributed by atoms with E-state index in [-0.39, 0.29) is 35.0 Å². The van der Waals surface area contributed by atoms with E-state index in [1.807, 2.05) is 12.1 Å². The zero-order chi connectivity index (χ0) is 19.8. The first-order valence-corrected chi connectivity index (χ1v) is 9.56. The summed E-state index contributed by atoms with van der Waals surface area (Å²) in [5.74, 6) is -0.121. The van der Waals surface area contributed by atoms with Crippen LogP contribution in [0.1, 0.15) is 47.3 Å². The standard InChI is InChI=1S/C20H19ClN4O3/c1-2-25-17-16(19(27)24-20(25)28)14(9-15(23-17)12-6-7-12)18(26)22-10-11-4-3-5-13(21)8-11/h3-5,8-9,12H,2,6-7,10H2,1H3,(H,22,26)(H,24,27,28). The molecule has 0 unspecified atom stereocenters. The highest BCUT2D eigenvalue weighted by molar-refractivity contribution is 6.30. The van der Waals surface area contributed by atoms with Crippen molar-refractivity contribution in [1.29, 1.82) is 0 Å². The number of aryl methyl sites for hydroxylation is 1. The molecule has 0 atom stereocenters. The Balaban J connectivity index is 1.79. The van der Waals surface area contributed by atoms with Crippen molar-refractivity contribution < 1.29 is 4.79 Å². The van der Waals surface area contributed by atoms with E-state index in [4.69, 9.17) is 11.6 Å². The van der Waals surface area contributed by atoms with Gasteiger partial charge < -0.3 is 5.32 Å². The maximum atomic E-state index is 12.9. The molecule has 2 N–H and O–H groups in total. The van der Waals surface area contributed by atoms with Gasteiger partial charge in [-0.1, -0.05) is 23.7 Å². The Labute approximate surface area is 165 Å².